The van der Waals surface area contributed by atoms with Gasteiger partial charge in [-0.05, 0) is 67.5 Å². The van der Waals surface area contributed by atoms with Crippen LogP contribution in [0.1, 0.15) is 86.6 Å². The highest BCUT2D eigenvalue weighted by molar-refractivity contribution is 6.16. The lowest BCUT2D eigenvalue weighted by Crippen LogP contribution is -2.45. The molecule has 0 amide bonds. The van der Waals surface area contributed by atoms with E-state index in [0.29, 0.717) is 52.4 Å². The Kier molecular flexibility index (Phi) is 10.6. The van der Waals surface area contributed by atoms with E-state index in [9.17, 15) is 29.1 Å². The second-order valence-corrected chi connectivity index (χ2v) is 14.4. The Labute approximate surface area is 318 Å². The third kappa shape index (κ3) is 6.30. The highest BCUT2D eigenvalue weighted by Gasteiger charge is 2.56. The van der Waals surface area contributed by atoms with E-state index in [4.69, 9.17) is 33.9 Å². The largest absolute Gasteiger partial charge is 0.481 e. The Morgan fingerprint density at radius 3 is 2.25 bits per heavy atom. The molecule has 5 aliphatic rings. The van der Waals surface area contributed by atoms with E-state index < -0.39 is 59.1 Å². The van der Waals surface area contributed by atoms with Crippen LogP contribution in [0, 0.1) is 24.2 Å². The van der Waals surface area contributed by atoms with Crippen LogP contribution in [0.5, 0.6) is 0 Å². The van der Waals surface area contributed by atoms with Crippen molar-refractivity contribution in [2.24, 2.45) is 32.2 Å². The third-order valence-corrected chi connectivity index (χ3v) is 11.8. The average Bonchev–Trinajstić information content (AvgIpc) is 3.84. The number of H-pyrrole nitrogens is 1. The van der Waals surface area contributed by atoms with Crippen LogP contribution >= 0.6 is 0 Å². The molecule has 5 heterocycles. The lowest BCUT2D eigenvalue weighted by Gasteiger charge is -2.38. The normalized spacial score (nSPS) is 25.5. The molecule has 4 aliphatic heterocycles. The first kappa shape index (κ1) is 39.0. The highest BCUT2D eigenvalue weighted by Crippen LogP contribution is 2.54. The van der Waals surface area contributed by atoms with Gasteiger partial charge in [-0.15, -0.1) is 0 Å². The van der Waals surface area contributed by atoms with E-state index in [1.165, 1.54) is 28.4 Å². The van der Waals surface area contributed by atoms with E-state index in [1.807, 2.05) is 33.8 Å². The number of aromatic nitrogens is 1. The molecule has 0 spiro atoms. The second-order valence-electron chi connectivity index (χ2n) is 14.4. The van der Waals surface area contributed by atoms with Gasteiger partial charge < -0.3 is 29.0 Å². The Balaban J connectivity index is 1.67. The SMILES string of the molecule is CCC1=C(C)C2C=C3N=C(CC4=NC(=C(CCC(=O)O)C4C)C(C(=O)OC)c4[nH]c(c(C)c4C(=O)OC)CC1=N2)[C@@]1(C)C3=CC=C(C(=O)OC)[C@H]1C(=O)OC. The number of ether oxygens (including phenoxy) is 4. The molecular weight excluding hydrogens is 708 g/mol. The molecule has 3 unspecified atom stereocenters. The van der Waals surface area contributed by atoms with Crippen LogP contribution in [0.25, 0.3) is 0 Å². The average molecular weight is 755 g/mol. The molecule has 55 heavy (non-hydrogen) atoms. The summed E-state index contributed by atoms with van der Waals surface area (Å²) in [6.07, 6.45) is 6.18. The quantitative estimate of drug-likeness (QED) is 0.262. The maximum absolute atomic E-state index is 14.0. The van der Waals surface area contributed by atoms with Crippen LogP contribution in [0.2, 0.25) is 0 Å². The molecule has 14 heteroatoms. The number of aliphatic carboxylic acids is 1. The van der Waals surface area contributed by atoms with E-state index in [2.05, 4.69) is 4.98 Å². The van der Waals surface area contributed by atoms with Crippen LogP contribution in [0.15, 0.2) is 72.5 Å². The predicted octanol–water partition coefficient (Wildman–Crippen LogP) is 5.25. The summed E-state index contributed by atoms with van der Waals surface area (Å²) in [5, 5.41) is 9.78. The molecule has 1 aliphatic carbocycles. The number of allylic oxidation sites excluding steroid dienone is 5. The molecule has 14 nitrogen and oxygen atoms in total. The number of hydrogen-bond donors (Lipinski definition) is 2. The van der Waals surface area contributed by atoms with E-state index in [1.54, 1.807) is 19.1 Å². The van der Waals surface area contributed by atoms with E-state index in [-0.39, 0.29) is 41.8 Å². The molecule has 0 saturated heterocycles. The van der Waals surface area contributed by atoms with Crippen molar-refractivity contribution in [2.45, 2.75) is 78.7 Å². The summed E-state index contributed by atoms with van der Waals surface area (Å²) in [4.78, 5) is 85.3. The smallest absolute Gasteiger partial charge is 0.340 e. The maximum Gasteiger partial charge on any atom is 0.340 e. The van der Waals surface area contributed by atoms with Gasteiger partial charge in [0.2, 0.25) is 0 Å². The fourth-order valence-corrected chi connectivity index (χ4v) is 8.76. The molecule has 5 atom stereocenters. The predicted molar refractivity (Wildman–Crippen MR) is 202 cm³/mol. The van der Waals surface area contributed by atoms with Crippen molar-refractivity contribution in [3.05, 3.63) is 80.0 Å². The van der Waals surface area contributed by atoms with Crippen LogP contribution in [-0.4, -0.2) is 91.6 Å². The molecule has 1 aromatic rings. The van der Waals surface area contributed by atoms with Crippen molar-refractivity contribution in [3.8, 4) is 0 Å². The lowest BCUT2D eigenvalue weighted by atomic mass is 9.62. The van der Waals surface area contributed by atoms with Crippen molar-refractivity contribution in [2.75, 3.05) is 28.4 Å². The number of nitrogens with one attached hydrogen (secondary N) is 1. The van der Waals surface area contributed by atoms with Crippen molar-refractivity contribution < 1.29 is 48.0 Å². The molecular formula is C41H46N4O10. The first-order chi connectivity index (χ1) is 26.2. The number of rotatable bonds is 8. The second kappa shape index (κ2) is 14.9. The summed E-state index contributed by atoms with van der Waals surface area (Å²) in [6.45, 7) is 9.56. The minimum atomic E-state index is -1.26. The van der Waals surface area contributed by atoms with Gasteiger partial charge in [-0.2, -0.15) is 0 Å². The van der Waals surface area contributed by atoms with Crippen molar-refractivity contribution >= 4 is 47.0 Å². The minimum Gasteiger partial charge on any atom is -0.481 e. The molecule has 2 N–H and O–H groups in total. The minimum absolute atomic E-state index is 0.0505. The fourth-order valence-electron chi connectivity index (χ4n) is 8.76. The van der Waals surface area contributed by atoms with Crippen molar-refractivity contribution in [1.82, 2.24) is 4.98 Å². The first-order valence-electron chi connectivity index (χ1n) is 18.2. The number of carbonyl (C=O) groups is 5. The van der Waals surface area contributed by atoms with Gasteiger partial charge in [-0.3, -0.25) is 29.4 Å². The number of carbonyl (C=O) groups excluding carboxylic acids is 4. The first-order valence-corrected chi connectivity index (χ1v) is 18.2. The van der Waals surface area contributed by atoms with Gasteiger partial charge in [-0.25, -0.2) is 9.59 Å². The molecule has 0 aromatic carbocycles. The Bertz CT molecular complexity index is 2170. The van der Waals surface area contributed by atoms with Gasteiger partial charge in [0.05, 0.1) is 68.1 Å². The molecule has 8 bridgehead atoms. The number of carboxylic acid groups (broad SMARTS) is 1. The Hall–Kier alpha value is -5.66. The summed E-state index contributed by atoms with van der Waals surface area (Å²) >= 11 is 0. The number of hydrogen-bond acceptors (Lipinski definition) is 12. The van der Waals surface area contributed by atoms with Crippen LogP contribution in [0.4, 0.5) is 0 Å². The number of carboxylic acids is 1. The standard InChI is InChI=1S/C41H46N4O10/c1-10-21-18(2)25-16-29-24-13-11-23(37(48)52-6)34(40(51)55-9)41(24,5)30(43-29)17-27-19(3)22(12-14-31(46)47)35(44-27)33(39(50)54-8)36-32(38(49)53-7)20(4)26(45-36)15-28(21)42-25/h11,13,16,19,25,33-34,45H,10,12,14-15,17H2,1-9H3,(H,46,47)/t19?,25?,33?,34-,41+/m0/s1. The Morgan fingerprint density at radius 1 is 0.945 bits per heavy atom. The topological polar surface area (TPSA) is 195 Å². The van der Waals surface area contributed by atoms with Gasteiger partial charge >= 0.3 is 29.8 Å². The molecule has 1 aromatic heterocycles. The van der Waals surface area contributed by atoms with Gasteiger partial charge in [0.25, 0.3) is 0 Å². The fraction of sp³-hybridized carbons (Fsp3) is 0.463. The van der Waals surface area contributed by atoms with Gasteiger partial charge in [-0.1, -0.05) is 26.0 Å². The summed E-state index contributed by atoms with van der Waals surface area (Å²) in [5.74, 6) is -6.65. The summed E-state index contributed by atoms with van der Waals surface area (Å²) in [6, 6.07) is -0.417. The van der Waals surface area contributed by atoms with E-state index >= 15 is 0 Å². The highest BCUT2D eigenvalue weighted by atomic mass is 16.5. The zero-order valence-electron chi connectivity index (χ0n) is 32.5. The summed E-state index contributed by atoms with van der Waals surface area (Å²) in [5.41, 5.74) is 6.48. The molecule has 0 fully saturated rings. The zero-order chi connectivity index (χ0) is 40.1. The van der Waals surface area contributed by atoms with Gasteiger partial charge in [0.15, 0.2) is 0 Å². The summed E-state index contributed by atoms with van der Waals surface area (Å²) < 4.78 is 21.0. The third-order valence-electron chi connectivity index (χ3n) is 11.8. The van der Waals surface area contributed by atoms with Crippen LogP contribution in [0.3, 0.4) is 0 Å². The van der Waals surface area contributed by atoms with Crippen LogP contribution in [-0.2, 0) is 44.5 Å². The van der Waals surface area contributed by atoms with Crippen LogP contribution < -0.4 is 0 Å². The number of methoxy groups -OCH3 is 4. The number of aromatic amines is 1. The molecule has 0 radical (unpaired) electrons. The van der Waals surface area contributed by atoms with E-state index in [0.717, 1.165) is 16.9 Å². The summed E-state index contributed by atoms with van der Waals surface area (Å²) in [7, 11) is 5.01. The molecule has 6 rings (SSSR count). The number of esters is 4. The Morgan fingerprint density at radius 2 is 1.64 bits per heavy atom. The number of aliphatic imine (C=N–C) groups is 3. The molecule has 290 valence electrons. The number of nitrogens with zero attached hydrogens (tertiary/aromatic N) is 3. The van der Waals surface area contributed by atoms with Gasteiger partial charge in [0, 0.05) is 48.0 Å². The van der Waals surface area contributed by atoms with Crippen molar-refractivity contribution in [1.29, 1.82) is 0 Å². The number of fused-ring (bicyclic) bond motifs is 8. The lowest BCUT2D eigenvalue weighted by molar-refractivity contribution is -0.149. The van der Waals surface area contributed by atoms with Gasteiger partial charge in [0.1, 0.15) is 11.8 Å². The van der Waals surface area contributed by atoms with Crippen molar-refractivity contribution in [3.63, 3.8) is 0 Å². The molecule has 0 saturated carbocycles. The monoisotopic (exact) mass is 754 g/mol. The zero-order valence-corrected chi connectivity index (χ0v) is 32.5. The maximum atomic E-state index is 14.0.